The van der Waals surface area contributed by atoms with Gasteiger partial charge < -0.3 is 10.3 Å². The van der Waals surface area contributed by atoms with E-state index in [9.17, 15) is 0 Å². The molecule has 3 heterocycles. The van der Waals surface area contributed by atoms with E-state index in [1.165, 1.54) is 0 Å². The van der Waals surface area contributed by atoms with Crippen LogP contribution in [-0.4, -0.2) is 20.7 Å². The van der Waals surface area contributed by atoms with E-state index in [0.717, 1.165) is 34.3 Å². The van der Waals surface area contributed by atoms with Crippen LogP contribution in [0.5, 0.6) is 0 Å². The first kappa shape index (κ1) is 10.3. The first-order valence-electron chi connectivity index (χ1n) is 6.07. The first-order valence-corrected chi connectivity index (χ1v) is 6.07. The van der Waals surface area contributed by atoms with Gasteiger partial charge in [0, 0.05) is 18.1 Å². The van der Waals surface area contributed by atoms with E-state index in [2.05, 4.69) is 19.5 Å². The van der Waals surface area contributed by atoms with Crippen LogP contribution in [0.4, 0.5) is 5.82 Å². The first-order chi connectivity index (χ1) is 9.34. The summed E-state index contributed by atoms with van der Waals surface area (Å²) in [5.74, 6) is 1.27. The molecular formula is C14H11N5. The minimum atomic E-state index is 0.464. The van der Waals surface area contributed by atoms with Crippen LogP contribution >= 0.6 is 0 Å². The van der Waals surface area contributed by atoms with E-state index in [1.807, 2.05) is 30.3 Å². The van der Waals surface area contributed by atoms with E-state index in [0.29, 0.717) is 5.82 Å². The summed E-state index contributed by atoms with van der Waals surface area (Å²) < 4.78 is 2.11. The number of pyridine rings is 1. The second-order valence-electron chi connectivity index (χ2n) is 4.45. The number of allylic oxidation sites excluding steroid dienone is 1. The van der Waals surface area contributed by atoms with Crippen molar-refractivity contribution in [2.24, 2.45) is 4.99 Å². The van der Waals surface area contributed by atoms with E-state index >= 15 is 0 Å². The number of rotatable bonds is 0. The molecule has 2 aromatic heterocycles. The molecule has 2 N–H and O–H groups in total. The zero-order valence-electron chi connectivity index (χ0n) is 10.1. The molecule has 3 aromatic rings. The molecule has 1 aliphatic rings. The number of para-hydroxylation sites is 1. The van der Waals surface area contributed by atoms with Crippen LogP contribution in [-0.2, 0) is 6.54 Å². The van der Waals surface area contributed by atoms with E-state index in [1.54, 1.807) is 12.4 Å². The molecule has 1 aliphatic heterocycles. The number of hydrogen-bond donors (Lipinski definition) is 1. The quantitative estimate of drug-likeness (QED) is 0.663. The molecule has 0 unspecified atom stereocenters. The molecule has 4 rings (SSSR count). The summed E-state index contributed by atoms with van der Waals surface area (Å²) in [5, 5.41) is 1.06. The maximum Gasteiger partial charge on any atom is 0.152 e. The monoisotopic (exact) mass is 249 g/mol. The Morgan fingerprint density at radius 1 is 1.16 bits per heavy atom. The summed E-state index contributed by atoms with van der Waals surface area (Å²) in [4.78, 5) is 13.1. The predicted molar refractivity (Wildman–Crippen MR) is 76.2 cm³/mol. The Hall–Kier alpha value is -2.69. The third kappa shape index (κ3) is 1.38. The Morgan fingerprint density at radius 2 is 2.05 bits per heavy atom. The van der Waals surface area contributed by atoms with Crippen molar-refractivity contribution in [2.45, 2.75) is 6.54 Å². The molecule has 0 saturated carbocycles. The van der Waals surface area contributed by atoms with Crippen LogP contribution in [0.25, 0.3) is 21.9 Å². The minimum Gasteiger partial charge on any atom is -0.382 e. The van der Waals surface area contributed by atoms with E-state index < -0.39 is 0 Å². The summed E-state index contributed by atoms with van der Waals surface area (Å²) in [6.45, 7) is 0.735. The highest BCUT2D eigenvalue weighted by Gasteiger charge is 2.15. The maximum atomic E-state index is 6.02. The summed E-state index contributed by atoms with van der Waals surface area (Å²) in [5.41, 5.74) is 8.68. The third-order valence-electron chi connectivity index (χ3n) is 3.31. The molecule has 5 heteroatoms. The van der Waals surface area contributed by atoms with Crippen LogP contribution in [0.3, 0.4) is 0 Å². The Morgan fingerprint density at radius 3 is 3.00 bits per heavy atom. The smallest absolute Gasteiger partial charge is 0.152 e. The third-order valence-corrected chi connectivity index (χ3v) is 3.31. The van der Waals surface area contributed by atoms with Crippen LogP contribution < -0.4 is 5.73 Å². The van der Waals surface area contributed by atoms with Gasteiger partial charge in [-0.05, 0) is 12.1 Å². The molecule has 0 amide bonds. The van der Waals surface area contributed by atoms with E-state index in [-0.39, 0.29) is 0 Å². The van der Waals surface area contributed by atoms with Crippen molar-refractivity contribution in [1.82, 2.24) is 14.5 Å². The maximum absolute atomic E-state index is 6.02. The molecule has 0 atom stereocenters. The van der Waals surface area contributed by atoms with Gasteiger partial charge in [-0.2, -0.15) is 0 Å². The average molecular weight is 249 g/mol. The fraction of sp³-hybridized carbons (Fsp3) is 0.0714. The van der Waals surface area contributed by atoms with Gasteiger partial charge in [0.2, 0.25) is 0 Å². The van der Waals surface area contributed by atoms with Crippen molar-refractivity contribution in [3.8, 4) is 0 Å². The van der Waals surface area contributed by atoms with Crippen molar-refractivity contribution in [3.05, 3.63) is 42.4 Å². The molecule has 92 valence electrons. The topological polar surface area (TPSA) is 69.1 Å². The number of imidazole rings is 1. The fourth-order valence-electron chi connectivity index (χ4n) is 2.48. The number of aliphatic imine (C=N–C) groups is 1. The molecule has 1 aromatic carbocycles. The molecule has 5 nitrogen and oxygen atoms in total. The average Bonchev–Trinajstić information content (AvgIpc) is 2.64. The summed E-state index contributed by atoms with van der Waals surface area (Å²) in [6.07, 6.45) is 5.53. The van der Waals surface area contributed by atoms with Gasteiger partial charge >= 0.3 is 0 Å². The summed E-state index contributed by atoms with van der Waals surface area (Å²) >= 11 is 0. The SMILES string of the molecule is Nc1nc2ccccc2c2c1nc1n2CC=CN=C1. The molecule has 0 spiro atoms. The van der Waals surface area contributed by atoms with Gasteiger partial charge in [0.25, 0.3) is 0 Å². The van der Waals surface area contributed by atoms with Crippen LogP contribution in [0.2, 0.25) is 0 Å². The lowest BCUT2D eigenvalue weighted by Crippen LogP contribution is -2.00. The lowest BCUT2D eigenvalue weighted by molar-refractivity contribution is 0.847. The molecule has 0 fully saturated rings. The van der Waals surface area contributed by atoms with Gasteiger partial charge in [0.05, 0.1) is 17.2 Å². The van der Waals surface area contributed by atoms with Crippen molar-refractivity contribution < 1.29 is 0 Å². The Bertz CT molecular complexity index is 857. The van der Waals surface area contributed by atoms with Gasteiger partial charge in [-0.25, -0.2) is 9.97 Å². The lowest BCUT2D eigenvalue weighted by atomic mass is 10.2. The number of fused-ring (bicyclic) bond motifs is 5. The van der Waals surface area contributed by atoms with Gasteiger partial charge in [-0.3, -0.25) is 4.99 Å². The Balaban J connectivity index is 2.24. The summed E-state index contributed by atoms with van der Waals surface area (Å²) in [6, 6.07) is 7.97. The molecule has 0 aliphatic carbocycles. The molecule has 0 saturated heterocycles. The second kappa shape index (κ2) is 3.65. The molecule has 19 heavy (non-hydrogen) atoms. The van der Waals surface area contributed by atoms with Gasteiger partial charge in [0.1, 0.15) is 5.52 Å². The van der Waals surface area contributed by atoms with Gasteiger partial charge in [-0.15, -0.1) is 0 Å². The number of aromatic nitrogens is 3. The minimum absolute atomic E-state index is 0.464. The van der Waals surface area contributed by atoms with Crippen molar-refractivity contribution in [3.63, 3.8) is 0 Å². The number of nitrogens with two attached hydrogens (primary N) is 1. The van der Waals surface area contributed by atoms with Gasteiger partial charge in [-0.1, -0.05) is 18.2 Å². The molecular weight excluding hydrogens is 238 g/mol. The Kier molecular flexibility index (Phi) is 1.97. The van der Waals surface area contributed by atoms with Crippen LogP contribution in [0, 0.1) is 0 Å². The Labute approximate surface area is 109 Å². The largest absolute Gasteiger partial charge is 0.382 e. The number of hydrogen-bond acceptors (Lipinski definition) is 4. The molecule has 0 bridgehead atoms. The van der Waals surface area contributed by atoms with Gasteiger partial charge in [0.15, 0.2) is 11.6 Å². The van der Waals surface area contributed by atoms with Crippen molar-refractivity contribution in [2.75, 3.05) is 5.73 Å². The zero-order valence-corrected chi connectivity index (χ0v) is 10.1. The standard InChI is InChI=1S/C14H11N5/c15-14-12-13(9-4-1-2-5-10(9)17-14)19-7-3-6-16-8-11(19)18-12/h1-6,8H,7H2,(H2,15,17). The predicted octanol–water partition coefficient (Wildman–Crippen LogP) is 2.11. The zero-order chi connectivity index (χ0) is 12.8. The highest BCUT2D eigenvalue weighted by atomic mass is 15.1. The lowest BCUT2D eigenvalue weighted by Gasteiger charge is -2.05. The highest BCUT2D eigenvalue weighted by molar-refractivity contribution is 6.07. The highest BCUT2D eigenvalue weighted by Crippen LogP contribution is 2.28. The molecule has 0 radical (unpaired) electrons. The number of benzene rings is 1. The van der Waals surface area contributed by atoms with Crippen LogP contribution in [0.1, 0.15) is 5.82 Å². The van der Waals surface area contributed by atoms with Crippen molar-refractivity contribution in [1.29, 1.82) is 0 Å². The second-order valence-corrected chi connectivity index (χ2v) is 4.45. The summed E-state index contributed by atoms with van der Waals surface area (Å²) in [7, 11) is 0. The number of nitrogen functional groups attached to an aromatic ring is 1. The number of nitrogens with zero attached hydrogens (tertiary/aromatic N) is 4. The van der Waals surface area contributed by atoms with E-state index in [4.69, 9.17) is 5.73 Å². The normalized spacial score (nSPS) is 13.9. The fourth-order valence-corrected chi connectivity index (χ4v) is 2.48. The van der Waals surface area contributed by atoms with Crippen LogP contribution in [0.15, 0.2) is 41.5 Å². The number of anilines is 1. The van der Waals surface area contributed by atoms with Crippen molar-refractivity contribution >= 4 is 34.0 Å².